The van der Waals surface area contributed by atoms with Crippen molar-refractivity contribution in [2.75, 3.05) is 11.1 Å². The standard InChI is InChI=1S/C12H12FN3OS2/c1-2-7-18-12-16-15-11(19-12)14-10(17)8-3-5-9(13)6-4-8/h3-6H,2,7H2,1H3,(H,14,15,17). The van der Waals surface area contributed by atoms with Gasteiger partial charge >= 0.3 is 0 Å². The van der Waals surface area contributed by atoms with Crippen LogP contribution in [0, 0.1) is 5.82 Å². The van der Waals surface area contributed by atoms with Crippen LogP contribution >= 0.6 is 23.1 Å². The molecule has 0 aliphatic carbocycles. The van der Waals surface area contributed by atoms with Gasteiger partial charge in [0.2, 0.25) is 5.13 Å². The number of carbonyl (C=O) groups excluding carboxylic acids is 1. The van der Waals surface area contributed by atoms with Gasteiger partial charge in [-0.1, -0.05) is 30.0 Å². The van der Waals surface area contributed by atoms with Gasteiger partial charge < -0.3 is 0 Å². The predicted molar refractivity (Wildman–Crippen MR) is 75.3 cm³/mol. The highest BCUT2D eigenvalue weighted by atomic mass is 32.2. The van der Waals surface area contributed by atoms with Crippen molar-refractivity contribution in [2.45, 2.75) is 17.7 Å². The molecule has 7 heteroatoms. The largest absolute Gasteiger partial charge is 0.296 e. The Labute approximate surface area is 118 Å². The van der Waals surface area contributed by atoms with Crippen molar-refractivity contribution in [3.63, 3.8) is 0 Å². The first kappa shape index (κ1) is 14.0. The molecular formula is C12H12FN3OS2. The van der Waals surface area contributed by atoms with Crippen LogP contribution in [-0.4, -0.2) is 21.9 Å². The SMILES string of the molecule is CCCSc1nnc(NC(=O)c2ccc(F)cc2)s1. The Morgan fingerprint density at radius 3 is 2.79 bits per heavy atom. The molecule has 2 aromatic rings. The van der Waals surface area contributed by atoms with Crippen molar-refractivity contribution >= 4 is 34.1 Å². The average molecular weight is 297 g/mol. The van der Waals surface area contributed by atoms with E-state index in [0.717, 1.165) is 16.5 Å². The molecule has 0 radical (unpaired) electrons. The Balaban J connectivity index is 1.98. The maximum Gasteiger partial charge on any atom is 0.257 e. The lowest BCUT2D eigenvalue weighted by molar-refractivity contribution is 0.102. The third-order valence-corrected chi connectivity index (χ3v) is 4.34. The number of carbonyl (C=O) groups is 1. The van der Waals surface area contributed by atoms with E-state index in [1.807, 2.05) is 0 Å². The first-order chi connectivity index (χ1) is 9.19. The minimum Gasteiger partial charge on any atom is -0.296 e. The molecule has 0 spiro atoms. The van der Waals surface area contributed by atoms with Crippen LogP contribution in [0.4, 0.5) is 9.52 Å². The molecule has 2 rings (SSSR count). The summed E-state index contributed by atoms with van der Waals surface area (Å²) in [6.45, 7) is 2.09. The number of nitrogens with zero attached hydrogens (tertiary/aromatic N) is 2. The summed E-state index contributed by atoms with van der Waals surface area (Å²) in [7, 11) is 0. The molecule has 0 aliphatic rings. The van der Waals surface area contributed by atoms with Crippen LogP contribution in [0.1, 0.15) is 23.7 Å². The predicted octanol–water partition coefficient (Wildman–Crippen LogP) is 3.43. The maximum atomic E-state index is 12.7. The lowest BCUT2D eigenvalue weighted by Gasteiger charge is -2.00. The number of hydrogen-bond donors (Lipinski definition) is 1. The number of thioether (sulfide) groups is 1. The molecule has 1 heterocycles. The first-order valence-electron chi connectivity index (χ1n) is 5.72. The average Bonchev–Trinajstić information content (AvgIpc) is 2.84. The second kappa shape index (κ2) is 6.63. The van der Waals surface area contributed by atoms with Crippen LogP contribution in [0.15, 0.2) is 28.6 Å². The molecule has 19 heavy (non-hydrogen) atoms. The van der Waals surface area contributed by atoms with E-state index >= 15 is 0 Å². The zero-order chi connectivity index (χ0) is 13.7. The summed E-state index contributed by atoms with van der Waals surface area (Å²) >= 11 is 2.94. The Kier molecular flexibility index (Phi) is 4.86. The zero-order valence-electron chi connectivity index (χ0n) is 10.2. The number of nitrogens with one attached hydrogen (secondary N) is 1. The zero-order valence-corrected chi connectivity index (χ0v) is 11.9. The van der Waals surface area contributed by atoms with Crippen molar-refractivity contribution < 1.29 is 9.18 Å². The fourth-order valence-corrected chi connectivity index (χ4v) is 2.95. The Morgan fingerprint density at radius 2 is 2.11 bits per heavy atom. The fourth-order valence-electron chi connectivity index (χ4n) is 1.28. The van der Waals surface area contributed by atoms with Crippen molar-refractivity contribution in [3.05, 3.63) is 35.6 Å². The Morgan fingerprint density at radius 1 is 1.37 bits per heavy atom. The molecule has 1 aromatic carbocycles. The molecule has 0 unspecified atom stereocenters. The first-order valence-corrected chi connectivity index (χ1v) is 7.52. The topological polar surface area (TPSA) is 54.9 Å². The van der Waals surface area contributed by atoms with Crippen LogP contribution in [-0.2, 0) is 0 Å². The van der Waals surface area contributed by atoms with Crippen LogP contribution in [0.5, 0.6) is 0 Å². The molecule has 0 bridgehead atoms. The van der Waals surface area contributed by atoms with E-state index < -0.39 is 0 Å². The van der Waals surface area contributed by atoms with Crippen molar-refractivity contribution in [1.29, 1.82) is 0 Å². The number of benzene rings is 1. The molecule has 0 fully saturated rings. The van der Waals surface area contributed by atoms with Crippen LogP contribution < -0.4 is 5.32 Å². The number of aromatic nitrogens is 2. The number of anilines is 1. The van der Waals surface area contributed by atoms with Gasteiger partial charge in [0.25, 0.3) is 5.91 Å². The third kappa shape index (κ3) is 4.00. The van der Waals surface area contributed by atoms with Gasteiger partial charge in [0, 0.05) is 11.3 Å². The molecule has 1 amide bonds. The van der Waals surface area contributed by atoms with Gasteiger partial charge in [-0.15, -0.1) is 10.2 Å². The van der Waals surface area contributed by atoms with E-state index in [1.165, 1.54) is 35.6 Å². The van der Waals surface area contributed by atoms with Gasteiger partial charge in [-0.3, -0.25) is 10.1 Å². The minimum atomic E-state index is -0.370. The number of rotatable bonds is 5. The quantitative estimate of drug-likeness (QED) is 0.678. The molecular weight excluding hydrogens is 285 g/mol. The summed E-state index contributed by atoms with van der Waals surface area (Å²) in [6.07, 6.45) is 1.06. The minimum absolute atomic E-state index is 0.316. The normalized spacial score (nSPS) is 10.4. The number of halogens is 1. The molecule has 100 valence electrons. The molecule has 0 saturated carbocycles. The lowest BCUT2D eigenvalue weighted by Crippen LogP contribution is -2.11. The molecule has 1 N–H and O–H groups in total. The Hall–Kier alpha value is -1.47. The molecule has 1 aromatic heterocycles. The van der Waals surface area contributed by atoms with Crippen LogP contribution in [0.2, 0.25) is 0 Å². The number of amides is 1. The summed E-state index contributed by atoms with van der Waals surface area (Å²) in [5, 5.41) is 11.0. The summed E-state index contributed by atoms with van der Waals surface area (Å²) in [4.78, 5) is 11.8. The third-order valence-electron chi connectivity index (χ3n) is 2.16. The van der Waals surface area contributed by atoms with Gasteiger partial charge in [-0.05, 0) is 30.7 Å². The monoisotopic (exact) mass is 297 g/mol. The van der Waals surface area contributed by atoms with E-state index in [-0.39, 0.29) is 11.7 Å². The van der Waals surface area contributed by atoms with Gasteiger partial charge in [0.1, 0.15) is 5.82 Å². The molecule has 0 aliphatic heterocycles. The van der Waals surface area contributed by atoms with Gasteiger partial charge in [0.05, 0.1) is 0 Å². The van der Waals surface area contributed by atoms with Crippen molar-refractivity contribution in [3.8, 4) is 0 Å². The highest BCUT2D eigenvalue weighted by Crippen LogP contribution is 2.26. The fraction of sp³-hybridized carbons (Fsp3) is 0.250. The smallest absolute Gasteiger partial charge is 0.257 e. The van der Waals surface area contributed by atoms with E-state index in [0.29, 0.717) is 10.7 Å². The molecule has 0 saturated heterocycles. The highest BCUT2D eigenvalue weighted by molar-refractivity contribution is 8.01. The van der Waals surface area contributed by atoms with E-state index in [4.69, 9.17) is 0 Å². The number of hydrogen-bond acceptors (Lipinski definition) is 5. The van der Waals surface area contributed by atoms with Gasteiger partial charge in [-0.2, -0.15) is 0 Å². The Bertz CT molecular complexity index is 556. The van der Waals surface area contributed by atoms with E-state index in [9.17, 15) is 9.18 Å². The summed E-state index contributed by atoms with van der Waals surface area (Å²) in [6, 6.07) is 5.35. The molecule has 4 nitrogen and oxygen atoms in total. The maximum absolute atomic E-state index is 12.7. The summed E-state index contributed by atoms with van der Waals surface area (Å²) in [5.41, 5.74) is 0.388. The van der Waals surface area contributed by atoms with Crippen molar-refractivity contribution in [1.82, 2.24) is 10.2 Å². The summed E-state index contributed by atoms with van der Waals surface area (Å²) < 4.78 is 13.6. The second-order valence-corrected chi connectivity index (χ2v) is 6.00. The highest BCUT2D eigenvalue weighted by Gasteiger charge is 2.10. The lowest BCUT2D eigenvalue weighted by atomic mass is 10.2. The second-order valence-electron chi connectivity index (χ2n) is 3.68. The van der Waals surface area contributed by atoms with Gasteiger partial charge in [-0.25, -0.2) is 4.39 Å². The van der Waals surface area contributed by atoms with Crippen LogP contribution in [0.3, 0.4) is 0 Å². The van der Waals surface area contributed by atoms with Gasteiger partial charge in [0.15, 0.2) is 4.34 Å². The van der Waals surface area contributed by atoms with Crippen LogP contribution in [0.25, 0.3) is 0 Å². The van der Waals surface area contributed by atoms with Crippen molar-refractivity contribution in [2.24, 2.45) is 0 Å². The molecule has 0 atom stereocenters. The summed E-state index contributed by atoms with van der Waals surface area (Å²) in [5.74, 6) is 0.287. The van der Waals surface area contributed by atoms with E-state index in [1.54, 1.807) is 11.8 Å². The van der Waals surface area contributed by atoms with E-state index in [2.05, 4.69) is 22.4 Å².